The number of carboxylic acid groups (broad SMARTS) is 1. The van der Waals surface area contributed by atoms with Crippen LogP contribution in [0.15, 0.2) is 0 Å². The summed E-state index contributed by atoms with van der Waals surface area (Å²) in [5.41, 5.74) is 0. The molecule has 46 valence electrons. The fourth-order valence-electron chi connectivity index (χ4n) is 0.160. The minimum absolute atomic E-state index is 0.284. The van der Waals surface area contributed by atoms with E-state index in [1.165, 1.54) is 0 Å². The van der Waals surface area contributed by atoms with Crippen molar-refractivity contribution in [3.8, 4) is 0 Å². The summed E-state index contributed by atoms with van der Waals surface area (Å²) in [6.07, 6.45) is 0.315. The maximum atomic E-state index is 9.62. The normalized spacial score (nSPS) is 8.00. The van der Waals surface area contributed by atoms with E-state index in [-0.39, 0.29) is 4.90 Å². The van der Waals surface area contributed by atoms with Crippen molar-refractivity contribution < 1.29 is 25.2 Å². The lowest BCUT2D eigenvalue weighted by Gasteiger charge is -1.75. The van der Waals surface area contributed by atoms with Gasteiger partial charge in [0.25, 0.3) is 6.21 Å². The topological polar surface area (TPSA) is 80.8 Å². The van der Waals surface area contributed by atoms with E-state index in [1.807, 2.05) is 0 Å². The maximum Gasteiger partial charge on any atom is 0.313 e. The Bertz CT molecular complexity index is 114. The maximum absolute atomic E-state index is 9.62. The van der Waals surface area contributed by atoms with Crippen LogP contribution in [0.2, 0.25) is 0 Å². The third-order valence-electron chi connectivity index (χ3n) is 0.429. The fraction of sp³-hybridized carbons (Fsp3) is 0.333. The molecule has 0 aromatic rings. The van der Waals surface area contributed by atoms with Crippen molar-refractivity contribution >= 4 is 12.2 Å². The molecule has 0 saturated heterocycles. The minimum Gasteiger partial charge on any atom is -0.481 e. The van der Waals surface area contributed by atoms with Crippen LogP contribution in [-0.4, -0.2) is 32.6 Å². The van der Waals surface area contributed by atoms with Crippen molar-refractivity contribution in [3.63, 3.8) is 0 Å². The summed E-state index contributed by atoms with van der Waals surface area (Å²) in [5, 5.41) is 23.6. The molecule has 8 heavy (non-hydrogen) atoms. The lowest BCUT2D eigenvalue weighted by atomic mass is 10.5. The van der Waals surface area contributed by atoms with Gasteiger partial charge in [-0.15, -0.1) is 0 Å². The molecule has 0 amide bonds. The molecular formula is C3H6NO4+. The summed E-state index contributed by atoms with van der Waals surface area (Å²) >= 11 is 0. The zero-order valence-corrected chi connectivity index (χ0v) is 3.98. The smallest absolute Gasteiger partial charge is 0.313 e. The van der Waals surface area contributed by atoms with Crippen LogP contribution in [0.1, 0.15) is 6.42 Å². The molecule has 0 saturated carbocycles. The molecule has 0 aliphatic rings. The van der Waals surface area contributed by atoms with Crippen molar-refractivity contribution in [2.24, 2.45) is 0 Å². The second-order valence-electron chi connectivity index (χ2n) is 1.10. The van der Waals surface area contributed by atoms with E-state index >= 15 is 0 Å². The van der Waals surface area contributed by atoms with Crippen molar-refractivity contribution in [2.45, 2.75) is 6.42 Å². The van der Waals surface area contributed by atoms with Crippen LogP contribution in [-0.2, 0) is 4.79 Å². The van der Waals surface area contributed by atoms with E-state index < -0.39 is 12.4 Å². The third kappa shape index (κ3) is 4.74. The minimum atomic E-state index is -1.11. The molecule has 0 aromatic carbocycles. The van der Waals surface area contributed by atoms with Crippen LogP contribution in [0.25, 0.3) is 0 Å². The molecule has 0 bridgehead atoms. The summed E-state index contributed by atoms with van der Waals surface area (Å²) in [4.78, 5) is 9.34. The van der Waals surface area contributed by atoms with E-state index in [9.17, 15) is 4.79 Å². The van der Waals surface area contributed by atoms with E-state index in [0.29, 0.717) is 6.21 Å². The Morgan fingerprint density at radius 3 is 2.25 bits per heavy atom. The van der Waals surface area contributed by atoms with E-state index in [4.69, 9.17) is 15.5 Å². The van der Waals surface area contributed by atoms with Crippen molar-refractivity contribution in [1.82, 2.24) is 0 Å². The summed E-state index contributed by atoms with van der Waals surface area (Å²) in [6.45, 7) is 0. The highest BCUT2D eigenvalue weighted by atomic mass is 16.8. The van der Waals surface area contributed by atoms with Gasteiger partial charge < -0.3 is 5.11 Å². The van der Waals surface area contributed by atoms with Crippen LogP contribution in [0, 0.1) is 0 Å². The lowest BCUT2D eigenvalue weighted by molar-refractivity contribution is -0.953. The van der Waals surface area contributed by atoms with Gasteiger partial charge in [-0.25, -0.2) is 10.4 Å². The van der Waals surface area contributed by atoms with Crippen molar-refractivity contribution in [2.75, 3.05) is 0 Å². The molecular weight excluding hydrogens is 114 g/mol. The van der Waals surface area contributed by atoms with Gasteiger partial charge in [-0.05, 0) is 0 Å². The molecule has 0 rings (SSSR count). The van der Waals surface area contributed by atoms with Gasteiger partial charge >= 0.3 is 5.97 Å². The van der Waals surface area contributed by atoms with Crippen LogP contribution in [0.4, 0.5) is 0 Å². The van der Waals surface area contributed by atoms with Crippen LogP contribution in [0.3, 0.4) is 0 Å². The highest BCUT2D eigenvalue weighted by Crippen LogP contribution is 1.68. The molecule has 0 radical (unpaired) electrons. The zero-order valence-electron chi connectivity index (χ0n) is 3.98. The molecule has 0 aliphatic heterocycles. The van der Waals surface area contributed by atoms with Crippen LogP contribution < -0.4 is 0 Å². The first-order valence-corrected chi connectivity index (χ1v) is 1.85. The number of carbonyl (C=O) groups is 1. The van der Waals surface area contributed by atoms with Gasteiger partial charge in [-0.1, -0.05) is 0 Å². The first kappa shape index (κ1) is 6.74. The van der Waals surface area contributed by atoms with Crippen molar-refractivity contribution in [1.29, 1.82) is 0 Å². The Morgan fingerprint density at radius 1 is 1.62 bits per heavy atom. The average molecular weight is 120 g/mol. The molecule has 0 atom stereocenters. The van der Waals surface area contributed by atoms with E-state index in [2.05, 4.69) is 0 Å². The Balaban J connectivity index is 3.45. The van der Waals surface area contributed by atoms with Crippen LogP contribution >= 0.6 is 0 Å². The SMILES string of the molecule is O=C(O)CC=[N+](O)O. The second kappa shape index (κ2) is 2.84. The Labute approximate surface area is 45.0 Å². The van der Waals surface area contributed by atoms with E-state index in [1.54, 1.807) is 0 Å². The number of carboxylic acids is 1. The largest absolute Gasteiger partial charge is 0.481 e. The molecule has 0 aliphatic carbocycles. The number of nitrogens with zero attached hydrogens (tertiary/aromatic N) is 1. The molecule has 0 heterocycles. The fourth-order valence-corrected chi connectivity index (χ4v) is 0.160. The molecule has 0 spiro atoms. The summed E-state index contributed by atoms with van der Waals surface area (Å²) in [6, 6.07) is 0. The molecule has 0 fully saturated rings. The first-order valence-electron chi connectivity index (χ1n) is 1.85. The summed E-state index contributed by atoms with van der Waals surface area (Å²) < 4.78 is 0. The Kier molecular flexibility index (Phi) is 2.39. The van der Waals surface area contributed by atoms with Crippen LogP contribution in [0.5, 0.6) is 0 Å². The second-order valence-corrected chi connectivity index (χ2v) is 1.10. The average Bonchev–Trinajstić information content (AvgIpc) is 1.61. The highest BCUT2D eigenvalue weighted by molar-refractivity contribution is 5.82. The number of hydrogen-bond donors (Lipinski definition) is 3. The van der Waals surface area contributed by atoms with E-state index in [0.717, 1.165) is 0 Å². The lowest BCUT2D eigenvalue weighted by Crippen LogP contribution is -2.05. The molecule has 3 N–H and O–H groups in total. The molecule has 0 unspecified atom stereocenters. The molecule has 5 heteroatoms. The third-order valence-corrected chi connectivity index (χ3v) is 0.429. The predicted octanol–water partition coefficient (Wildman–Crippen LogP) is -0.677. The summed E-state index contributed by atoms with van der Waals surface area (Å²) in [5.74, 6) is -1.11. The standard InChI is InChI=1S/C3H5NO4/c5-3(6)1-2-4(7)8/h2H,1H2,(H2-,5,6,7,8)/p+1. The first-order chi connectivity index (χ1) is 3.63. The number of aliphatic carboxylic acids is 1. The van der Waals surface area contributed by atoms with Crippen molar-refractivity contribution in [3.05, 3.63) is 0 Å². The molecule has 0 aromatic heterocycles. The van der Waals surface area contributed by atoms with Gasteiger partial charge in [0, 0.05) is 0 Å². The number of hydrogen-bond acceptors (Lipinski definition) is 3. The quantitative estimate of drug-likeness (QED) is 0.256. The van der Waals surface area contributed by atoms with Gasteiger partial charge in [-0.2, -0.15) is 0 Å². The van der Waals surface area contributed by atoms with Gasteiger partial charge in [0.2, 0.25) is 0 Å². The predicted molar refractivity (Wildman–Crippen MR) is 22.2 cm³/mol. The summed E-state index contributed by atoms with van der Waals surface area (Å²) in [7, 11) is 0. The van der Waals surface area contributed by atoms with Gasteiger partial charge in [0.1, 0.15) is 6.42 Å². The monoisotopic (exact) mass is 120 g/mol. The van der Waals surface area contributed by atoms with Gasteiger partial charge in [-0.3, -0.25) is 4.79 Å². The van der Waals surface area contributed by atoms with Gasteiger partial charge in [0.15, 0.2) is 4.90 Å². The Morgan fingerprint density at radius 2 is 2.12 bits per heavy atom. The zero-order chi connectivity index (χ0) is 6.57. The van der Waals surface area contributed by atoms with Gasteiger partial charge in [0.05, 0.1) is 0 Å². The molecule has 5 nitrogen and oxygen atoms in total. The Hall–Kier alpha value is -1.26. The highest BCUT2D eigenvalue weighted by Gasteiger charge is 1.98. The number of rotatable bonds is 2.